The average Bonchev–Trinajstić information content (AvgIpc) is 2.55. The van der Waals surface area contributed by atoms with Gasteiger partial charge in [-0.05, 0) is 49.6 Å². The van der Waals surface area contributed by atoms with E-state index in [9.17, 15) is 4.79 Å². The van der Waals surface area contributed by atoms with Crippen molar-refractivity contribution in [3.63, 3.8) is 0 Å². The fourth-order valence-corrected chi connectivity index (χ4v) is 3.56. The molecule has 1 fully saturated rings. The molecule has 1 aliphatic heterocycles. The fraction of sp³-hybridized carbons (Fsp3) is 0.375. The molecule has 130 valence electrons. The van der Waals surface area contributed by atoms with Crippen LogP contribution >= 0.6 is 31.9 Å². The van der Waals surface area contributed by atoms with Gasteiger partial charge in [-0.2, -0.15) is 5.10 Å². The maximum absolute atomic E-state index is 11.9. The monoisotopic (exact) mass is 459 g/mol. The van der Waals surface area contributed by atoms with Gasteiger partial charge in [0.1, 0.15) is 12.4 Å². The van der Waals surface area contributed by atoms with Crippen molar-refractivity contribution in [2.45, 2.75) is 0 Å². The maximum atomic E-state index is 11.9. The summed E-state index contributed by atoms with van der Waals surface area (Å²) >= 11 is 6.92. The molecular formula is C16H19Br2N3O3. The molecule has 0 spiro atoms. The van der Waals surface area contributed by atoms with Crippen LogP contribution in [0.2, 0.25) is 0 Å². The number of nitrogens with one attached hydrogen (secondary N) is 1. The van der Waals surface area contributed by atoms with Crippen LogP contribution in [0, 0.1) is 0 Å². The van der Waals surface area contributed by atoms with Crippen LogP contribution in [-0.2, 0) is 9.53 Å². The summed E-state index contributed by atoms with van der Waals surface area (Å²) in [6, 6.07) is 3.72. The first-order valence-corrected chi connectivity index (χ1v) is 9.03. The first-order valence-electron chi connectivity index (χ1n) is 7.45. The van der Waals surface area contributed by atoms with Gasteiger partial charge in [0.25, 0.3) is 5.91 Å². The first-order chi connectivity index (χ1) is 11.6. The Hall–Kier alpha value is -1.22. The van der Waals surface area contributed by atoms with E-state index >= 15 is 0 Å². The lowest BCUT2D eigenvalue weighted by Crippen LogP contribution is -2.42. The van der Waals surface area contributed by atoms with Crippen LogP contribution < -0.4 is 10.2 Å². The molecule has 1 aromatic carbocycles. The molecule has 1 N–H and O–H groups in total. The number of morpholine rings is 1. The molecule has 1 aromatic rings. The van der Waals surface area contributed by atoms with E-state index in [0.29, 0.717) is 32.1 Å². The molecule has 2 rings (SSSR count). The van der Waals surface area contributed by atoms with Gasteiger partial charge >= 0.3 is 0 Å². The topological polar surface area (TPSA) is 63.2 Å². The van der Waals surface area contributed by atoms with Crippen molar-refractivity contribution >= 4 is 44.0 Å². The van der Waals surface area contributed by atoms with Crippen LogP contribution in [0.15, 0.2) is 38.8 Å². The highest BCUT2D eigenvalue weighted by molar-refractivity contribution is 9.11. The maximum Gasteiger partial charge on any atom is 0.254 e. The van der Waals surface area contributed by atoms with Crippen LogP contribution in [-0.4, -0.2) is 56.5 Å². The quantitative estimate of drug-likeness (QED) is 0.386. The number of hydrogen-bond acceptors (Lipinski definition) is 5. The number of hydrogen-bond donors (Lipinski definition) is 1. The van der Waals surface area contributed by atoms with Crippen molar-refractivity contribution in [2.75, 3.05) is 39.5 Å². The molecule has 0 radical (unpaired) electrons. The summed E-state index contributed by atoms with van der Waals surface area (Å²) in [6.07, 6.45) is 3.27. The third kappa shape index (κ3) is 6.01. The highest BCUT2D eigenvalue weighted by Crippen LogP contribution is 2.34. The molecule has 0 bridgehead atoms. The van der Waals surface area contributed by atoms with Gasteiger partial charge in [0.2, 0.25) is 0 Å². The molecular weight excluding hydrogens is 442 g/mol. The average molecular weight is 461 g/mol. The third-order valence-corrected chi connectivity index (χ3v) is 4.42. The highest BCUT2D eigenvalue weighted by atomic mass is 79.9. The van der Waals surface area contributed by atoms with E-state index in [2.05, 4.69) is 49.0 Å². The zero-order valence-electron chi connectivity index (χ0n) is 13.1. The van der Waals surface area contributed by atoms with E-state index in [4.69, 9.17) is 9.47 Å². The lowest BCUT2D eigenvalue weighted by molar-refractivity contribution is -0.123. The summed E-state index contributed by atoms with van der Waals surface area (Å²) in [7, 11) is 0. The number of nitrogens with zero attached hydrogens (tertiary/aromatic N) is 2. The molecule has 0 saturated carbocycles. The summed E-state index contributed by atoms with van der Waals surface area (Å²) in [5, 5.41) is 4.00. The Kier molecular flexibility index (Phi) is 7.90. The number of benzene rings is 1. The second kappa shape index (κ2) is 9.93. The Balaban J connectivity index is 1.89. The zero-order chi connectivity index (χ0) is 17.4. The fourth-order valence-electron chi connectivity index (χ4n) is 2.11. The molecule has 1 heterocycles. The van der Waals surface area contributed by atoms with Gasteiger partial charge in [-0.1, -0.05) is 12.7 Å². The van der Waals surface area contributed by atoms with E-state index in [1.54, 1.807) is 12.3 Å². The normalized spacial score (nSPS) is 15.4. The SMILES string of the molecule is C=CCOc1c(Br)cc(C=NNC(=O)CN2CCOCC2)cc1Br. The summed E-state index contributed by atoms with van der Waals surface area (Å²) in [5.74, 6) is 0.556. The molecule has 24 heavy (non-hydrogen) atoms. The van der Waals surface area contributed by atoms with Gasteiger partial charge in [0, 0.05) is 13.1 Å². The number of carbonyl (C=O) groups is 1. The molecule has 0 aliphatic carbocycles. The Morgan fingerprint density at radius 1 is 1.38 bits per heavy atom. The van der Waals surface area contributed by atoms with Crippen molar-refractivity contribution in [3.05, 3.63) is 39.3 Å². The number of carbonyl (C=O) groups excluding carboxylic acids is 1. The Labute approximate surface area is 158 Å². The number of hydrazone groups is 1. The Morgan fingerprint density at radius 2 is 2.04 bits per heavy atom. The largest absolute Gasteiger partial charge is 0.487 e. The standard InChI is InChI=1S/C16H19Br2N3O3/c1-2-5-24-16-13(17)8-12(9-14(16)18)10-19-20-15(22)11-21-3-6-23-7-4-21/h2,8-10H,1,3-7,11H2,(H,20,22). The number of halogens is 2. The summed E-state index contributed by atoms with van der Waals surface area (Å²) in [4.78, 5) is 13.9. The lowest BCUT2D eigenvalue weighted by atomic mass is 10.2. The predicted molar refractivity (Wildman–Crippen MR) is 101 cm³/mol. The minimum Gasteiger partial charge on any atom is -0.487 e. The molecule has 0 atom stereocenters. The smallest absolute Gasteiger partial charge is 0.254 e. The number of amides is 1. The van der Waals surface area contributed by atoms with E-state index in [1.807, 2.05) is 17.0 Å². The van der Waals surface area contributed by atoms with Crippen LogP contribution in [0.4, 0.5) is 0 Å². The molecule has 1 amide bonds. The lowest BCUT2D eigenvalue weighted by Gasteiger charge is -2.25. The third-order valence-electron chi connectivity index (χ3n) is 3.24. The molecule has 0 unspecified atom stereocenters. The summed E-state index contributed by atoms with van der Waals surface area (Å²) in [6.45, 7) is 7.23. The summed E-state index contributed by atoms with van der Waals surface area (Å²) in [5.41, 5.74) is 3.36. The van der Waals surface area contributed by atoms with Gasteiger partial charge in [-0.25, -0.2) is 5.43 Å². The molecule has 6 nitrogen and oxygen atoms in total. The minimum absolute atomic E-state index is 0.141. The van der Waals surface area contributed by atoms with Gasteiger partial charge < -0.3 is 9.47 Å². The van der Waals surface area contributed by atoms with Crippen molar-refractivity contribution < 1.29 is 14.3 Å². The Morgan fingerprint density at radius 3 is 2.67 bits per heavy atom. The second-order valence-electron chi connectivity index (χ2n) is 5.10. The van der Waals surface area contributed by atoms with Crippen LogP contribution in [0.1, 0.15) is 5.56 Å². The zero-order valence-corrected chi connectivity index (χ0v) is 16.3. The predicted octanol–water partition coefficient (Wildman–Crippen LogP) is 2.56. The second-order valence-corrected chi connectivity index (χ2v) is 6.80. The van der Waals surface area contributed by atoms with Gasteiger partial charge in [0.15, 0.2) is 0 Å². The molecule has 0 aromatic heterocycles. The van der Waals surface area contributed by atoms with Gasteiger partial charge in [0.05, 0.1) is 34.9 Å². The van der Waals surface area contributed by atoms with Crippen molar-refractivity contribution in [3.8, 4) is 5.75 Å². The molecule has 8 heteroatoms. The van der Waals surface area contributed by atoms with Crippen molar-refractivity contribution in [2.24, 2.45) is 5.10 Å². The van der Waals surface area contributed by atoms with Gasteiger partial charge in [-0.3, -0.25) is 9.69 Å². The minimum atomic E-state index is -0.141. The van der Waals surface area contributed by atoms with Crippen LogP contribution in [0.3, 0.4) is 0 Å². The van der Waals surface area contributed by atoms with E-state index in [1.165, 1.54) is 0 Å². The van der Waals surface area contributed by atoms with E-state index in [0.717, 1.165) is 27.6 Å². The number of rotatable bonds is 7. The summed E-state index contributed by atoms with van der Waals surface area (Å²) < 4.78 is 12.4. The molecule has 1 aliphatic rings. The van der Waals surface area contributed by atoms with Crippen LogP contribution in [0.5, 0.6) is 5.75 Å². The van der Waals surface area contributed by atoms with E-state index in [-0.39, 0.29) is 5.91 Å². The first kappa shape index (κ1) is 19.1. The highest BCUT2D eigenvalue weighted by Gasteiger charge is 2.13. The van der Waals surface area contributed by atoms with E-state index < -0.39 is 0 Å². The number of ether oxygens (including phenoxy) is 2. The van der Waals surface area contributed by atoms with Crippen LogP contribution in [0.25, 0.3) is 0 Å². The van der Waals surface area contributed by atoms with Crippen molar-refractivity contribution in [1.82, 2.24) is 10.3 Å². The van der Waals surface area contributed by atoms with Crippen molar-refractivity contribution in [1.29, 1.82) is 0 Å². The Bertz CT molecular complexity index is 594. The van der Waals surface area contributed by atoms with Gasteiger partial charge in [-0.15, -0.1) is 0 Å². The molecule has 1 saturated heterocycles.